The lowest BCUT2D eigenvalue weighted by Gasteiger charge is -2.31. The maximum absolute atomic E-state index is 11.1. The highest BCUT2D eigenvalue weighted by Crippen LogP contribution is 2.15. The fourth-order valence-electron chi connectivity index (χ4n) is 1.45. The minimum atomic E-state index is 0.248. The average Bonchev–Trinajstić information content (AvgIpc) is 1.99. The van der Waals surface area contributed by atoms with Gasteiger partial charge >= 0.3 is 0 Å². The van der Waals surface area contributed by atoms with Crippen molar-refractivity contribution in [3.8, 4) is 0 Å². The van der Waals surface area contributed by atoms with Crippen LogP contribution in [0.3, 0.4) is 0 Å². The fraction of sp³-hybridized carbons (Fsp3) is 0.875. The summed E-state index contributed by atoms with van der Waals surface area (Å²) in [7, 11) is 3.53. The van der Waals surface area contributed by atoms with Crippen LogP contribution in [0.2, 0.25) is 0 Å². The number of rotatable bonds is 2. The van der Waals surface area contributed by atoms with Gasteiger partial charge in [0.2, 0.25) is 5.91 Å². The van der Waals surface area contributed by atoms with Gasteiger partial charge in [0.1, 0.15) is 0 Å². The molecule has 0 N–H and O–H groups in total. The van der Waals surface area contributed by atoms with Crippen LogP contribution in [0.4, 0.5) is 0 Å². The number of piperidine rings is 1. The SMILES string of the molecule is COC[C@H]1CCCC(=O)N1C. The third kappa shape index (κ3) is 1.93. The van der Waals surface area contributed by atoms with Crippen molar-refractivity contribution in [3.05, 3.63) is 0 Å². The van der Waals surface area contributed by atoms with E-state index in [1.807, 2.05) is 7.05 Å². The van der Waals surface area contributed by atoms with Crippen LogP contribution in [0.1, 0.15) is 19.3 Å². The van der Waals surface area contributed by atoms with Gasteiger partial charge in [-0.1, -0.05) is 0 Å². The molecule has 0 radical (unpaired) electrons. The summed E-state index contributed by atoms with van der Waals surface area (Å²) >= 11 is 0. The molecule has 0 aromatic heterocycles. The van der Waals surface area contributed by atoms with Crippen molar-refractivity contribution in [2.75, 3.05) is 20.8 Å². The quantitative estimate of drug-likeness (QED) is 0.589. The summed E-state index contributed by atoms with van der Waals surface area (Å²) in [5, 5.41) is 0. The van der Waals surface area contributed by atoms with Crippen molar-refractivity contribution in [2.24, 2.45) is 0 Å². The second-order valence-electron chi connectivity index (χ2n) is 3.01. The molecule has 0 aromatic carbocycles. The summed E-state index contributed by atoms with van der Waals surface area (Å²) in [6.07, 6.45) is 2.80. The number of nitrogens with zero attached hydrogens (tertiary/aromatic N) is 1. The second kappa shape index (κ2) is 3.72. The highest BCUT2D eigenvalue weighted by molar-refractivity contribution is 5.76. The molecule has 1 atom stereocenters. The molecular formula is C8H15NO2. The van der Waals surface area contributed by atoms with E-state index in [1.54, 1.807) is 12.0 Å². The van der Waals surface area contributed by atoms with E-state index >= 15 is 0 Å². The Balaban J connectivity index is 2.44. The minimum absolute atomic E-state index is 0.248. The molecule has 0 spiro atoms. The molecule has 11 heavy (non-hydrogen) atoms. The number of methoxy groups -OCH3 is 1. The molecule has 0 saturated carbocycles. The lowest BCUT2D eigenvalue weighted by atomic mass is 10.0. The predicted molar refractivity (Wildman–Crippen MR) is 42.3 cm³/mol. The van der Waals surface area contributed by atoms with E-state index in [4.69, 9.17) is 4.74 Å². The fourth-order valence-corrected chi connectivity index (χ4v) is 1.45. The molecule has 64 valence electrons. The number of hydrogen-bond acceptors (Lipinski definition) is 2. The lowest BCUT2D eigenvalue weighted by Crippen LogP contribution is -2.42. The summed E-state index contributed by atoms with van der Waals surface area (Å²) in [5.74, 6) is 0.248. The molecular weight excluding hydrogens is 142 g/mol. The van der Waals surface area contributed by atoms with Crippen LogP contribution in [0.15, 0.2) is 0 Å². The topological polar surface area (TPSA) is 29.5 Å². The molecule has 3 nitrogen and oxygen atoms in total. The Bertz CT molecular complexity index is 145. The van der Waals surface area contributed by atoms with Crippen LogP contribution in [-0.4, -0.2) is 37.6 Å². The maximum Gasteiger partial charge on any atom is 0.222 e. The Labute approximate surface area is 67.3 Å². The molecule has 0 bridgehead atoms. The monoisotopic (exact) mass is 157 g/mol. The first-order valence-electron chi connectivity index (χ1n) is 4.00. The van der Waals surface area contributed by atoms with Crippen molar-refractivity contribution in [3.63, 3.8) is 0 Å². The van der Waals surface area contributed by atoms with Gasteiger partial charge in [0, 0.05) is 20.6 Å². The predicted octanol–water partition coefficient (Wildman–Crippen LogP) is 0.644. The van der Waals surface area contributed by atoms with Crippen molar-refractivity contribution in [1.82, 2.24) is 4.90 Å². The van der Waals surface area contributed by atoms with Gasteiger partial charge < -0.3 is 9.64 Å². The molecule has 1 saturated heterocycles. The van der Waals surface area contributed by atoms with Gasteiger partial charge in [-0.15, -0.1) is 0 Å². The van der Waals surface area contributed by atoms with Gasteiger partial charge in [0.05, 0.1) is 12.6 Å². The lowest BCUT2D eigenvalue weighted by molar-refractivity contribution is -0.135. The zero-order valence-electron chi connectivity index (χ0n) is 7.17. The molecule has 1 rings (SSSR count). The first-order chi connectivity index (χ1) is 5.25. The molecule has 0 aromatic rings. The summed E-state index contributed by atoms with van der Waals surface area (Å²) in [6.45, 7) is 0.669. The van der Waals surface area contributed by atoms with E-state index in [1.165, 1.54) is 0 Å². The Morgan fingerprint density at radius 2 is 2.45 bits per heavy atom. The van der Waals surface area contributed by atoms with Crippen molar-refractivity contribution >= 4 is 5.91 Å². The van der Waals surface area contributed by atoms with Gasteiger partial charge in [0.15, 0.2) is 0 Å². The standard InChI is InChI=1S/C8H15NO2/c1-9-7(6-11-2)4-3-5-8(9)10/h7H,3-6H2,1-2H3/t7-/m1/s1. The first kappa shape index (κ1) is 8.53. The molecule has 1 amide bonds. The number of carbonyl (C=O) groups excluding carboxylic acids is 1. The van der Waals surface area contributed by atoms with Crippen LogP contribution in [0.5, 0.6) is 0 Å². The van der Waals surface area contributed by atoms with Crippen molar-refractivity contribution in [2.45, 2.75) is 25.3 Å². The normalized spacial score (nSPS) is 25.8. The number of ether oxygens (including phenoxy) is 1. The van der Waals surface area contributed by atoms with Crippen molar-refractivity contribution < 1.29 is 9.53 Å². The largest absolute Gasteiger partial charge is 0.383 e. The summed E-state index contributed by atoms with van der Waals surface area (Å²) in [4.78, 5) is 12.9. The van der Waals surface area contributed by atoms with E-state index < -0.39 is 0 Å². The van der Waals surface area contributed by atoms with E-state index in [-0.39, 0.29) is 5.91 Å². The number of carbonyl (C=O) groups is 1. The van der Waals surface area contributed by atoms with Crippen LogP contribution in [0.25, 0.3) is 0 Å². The Hall–Kier alpha value is -0.570. The summed E-state index contributed by atoms with van der Waals surface area (Å²) < 4.78 is 5.01. The number of hydrogen-bond donors (Lipinski definition) is 0. The van der Waals surface area contributed by atoms with Crippen LogP contribution in [-0.2, 0) is 9.53 Å². The zero-order valence-corrected chi connectivity index (χ0v) is 7.17. The Morgan fingerprint density at radius 3 is 3.09 bits per heavy atom. The first-order valence-corrected chi connectivity index (χ1v) is 4.00. The van der Waals surface area contributed by atoms with E-state index in [2.05, 4.69) is 0 Å². The smallest absolute Gasteiger partial charge is 0.222 e. The second-order valence-corrected chi connectivity index (χ2v) is 3.01. The minimum Gasteiger partial charge on any atom is -0.383 e. The van der Waals surface area contributed by atoms with Crippen LogP contribution >= 0.6 is 0 Å². The highest BCUT2D eigenvalue weighted by atomic mass is 16.5. The average molecular weight is 157 g/mol. The third-order valence-corrected chi connectivity index (χ3v) is 2.23. The molecule has 1 aliphatic heterocycles. The molecule has 0 aliphatic carbocycles. The number of likely N-dealkylation sites (tertiary alicyclic amines) is 1. The number of amides is 1. The molecule has 1 aliphatic rings. The molecule has 0 unspecified atom stereocenters. The van der Waals surface area contributed by atoms with Gasteiger partial charge in [-0.25, -0.2) is 0 Å². The van der Waals surface area contributed by atoms with Crippen LogP contribution < -0.4 is 0 Å². The van der Waals surface area contributed by atoms with Gasteiger partial charge in [-0.3, -0.25) is 4.79 Å². The number of likely N-dealkylation sites (N-methyl/N-ethyl adjacent to an activating group) is 1. The van der Waals surface area contributed by atoms with Crippen LogP contribution in [0, 0.1) is 0 Å². The maximum atomic E-state index is 11.1. The molecule has 3 heteroatoms. The van der Waals surface area contributed by atoms with Gasteiger partial charge in [0.25, 0.3) is 0 Å². The van der Waals surface area contributed by atoms with Gasteiger partial charge in [-0.05, 0) is 12.8 Å². The van der Waals surface area contributed by atoms with Gasteiger partial charge in [-0.2, -0.15) is 0 Å². The van der Waals surface area contributed by atoms with E-state index in [0.717, 1.165) is 12.8 Å². The summed E-state index contributed by atoms with van der Waals surface area (Å²) in [5.41, 5.74) is 0. The van der Waals surface area contributed by atoms with Crippen molar-refractivity contribution in [1.29, 1.82) is 0 Å². The molecule has 1 heterocycles. The Kier molecular flexibility index (Phi) is 2.88. The van der Waals surface area contributed by atoms with E-state index in [0.29, 0.717) is 19.1 Å². The highest BCUT2D eigenvalue weighted by Gasteiger charge is 2.23. The molecule has 1 fully saturated rings. The third-order valence-electron chi connectivity index (χ3n) is 2.23. The Morgan fingerprint density at radius 1 is 1.73 bits per heavy atom. The summed E-state index contributed by atoms with van der Waals surface area (Å²) in [6, 6.07) is 0.307. The van der Waals surface area contributed by atoms with E-state index in [9.17, 15) is 4.79 Å². The zero-order chi connectivity index (χ0) is 8.27.